The zero-order valence-electron chi connectivity index (χ0n) is 17.4. The Morgan fingerprint density at radius 1 is 1.10 bits per heavy atom. The molecular formula is C22H24N4O3S. The number of benzene rings is 2. The van der Waals surface area contributed by atoms with Crippen molar-refractivity contribution in [3.05, 3.63) is 64.2 Å². The molecule has 3 aromatic rings. The fourth-order valence-electron chi connectivity index (χ4n) is 2.90. The van der Waals surface area contributed by atoms with E-state index in [1.54, 1.807) is 24.3 Å². The highest BCUT2D eigenvalue weighted by Crippen LogP contribution is 2.32. The molecule has 0 aliphatic rings. The number of nitrogens with zero attached hydrogens (tertiary/aromatic N) is 2. The van der Waals surface area contributed by atoms with Gasteiger partial charge in [0.25, 0.3) is 5.91 Å². The molecule has 0 bridgehead atoms. The van der Waals surface area contributed by atoms with E-state index in [-0.39, 0.29) is 24.3 Å². The molecular weight excluding hydrogens is 400 g/mol. The van der Waals surface area contributed by atoms with Gasteiger partial charge in [0.05, 0.1) is 0 Å². The van der Waals surface area contributed by atoms with E-state index < -0.39 is 0 Å². The molecule has 0 fully saturated rings. The molecule has 2 aromatic carbocycles. The van der Waals surface area contributed by atoms with Crippen LogP contribution in [0.15, 0.2) is 42.5 Å². The predicted molar refractivity (Wildman–Crippen MR) is 118 cm³/mol. The van der Waals surface area contributed by atoms with Crippen molar-refractivity contribution in [1.29, 1.82) is 0 Å². The number of nitrogens with one attached hydrogen (secondary N) is 2. The fourth-order valence-corrected chi connectivity index (χ4v) is 3.54. The zero-order chi connectivity index (χ0) is 21.7. The molecule has 1 heterocycles. The van der Waals surface area contributed by atoms with Crippen molar-refractivity contribution in [2.45, 2.75) is 40.2 Å². The van der Waals surface area contributed by atoms with Gasteiger partial charge in [0.1, 0.15) is 12.4 Å². The van der Waals surface area contributed by atoms with Gasteiger partial charge >= 0.3 is 0 Å². The highest BCUT2D eigenvalue weighted by molar-refractivity contribution is 7.15. The van der Waals surface area contributed by atoms with Crippen LogP contribution in [-0.2, 0) is 11.4 Å². The first-order valence-electron chi connectivity index (χ1n) is 9.57. The van der Waals surface area contributed by atoms with Gasteiger partial charge in [-0.1, -0.05) is 43.4 Å². The van der Waals surface area contributed by atoms with Crippen molar-refractivity contribution < 1.29 is 14.3 Å². The summed E-state index contributed by atoms with van der Waals surface area (Å²) < 4.78 is 5.96. The zero-order valence-corrected chi connectivity index (χ0v) is 18.2. The molecule has 3 rings (SSSR count). The average Bonchev–Trinajstić information content (AvgIpc) is 3.14. The highest BCUT2D eigenvalue weighted by Gasteiger charge is 2.14. The van der Waals surface area contributed by atoms with Crippen LogP contribution in [0.5, 0.6) is 5.75 Å². The smallest absolute Gasteiger partial charge is 0.257 e. The first-order chi connectivity index (χ1) is 14.3. The van der Waals surface area contributed by atoms with E-state index in [1.165, 1.54) is 18.3 Å². The number of carbonyl (C=O) groups is 2. The quantitative estimate of drug-likeness (QED) is 0.570. The molecule has 2 N–H and O–H groups in total. The Bertz CT molecular complexity index is 1050. The Hall–Kier alpha value is -3.26. The minimum Gasteiger partial charge on any atom is -0.486 e. The number of aromatic nitrogens is 2. The third-order valence-corrected chi connectivity index (χ3v) is 5.17. The van der Waals surface area contributed by atoms with Gasteiger partial charge in [-0.05, 0) is 48.2 Å². The predicted octanol–water partition coefficient (Wildman–Crippen LogP) is 4.76. The van der Waals surface area contributed by atoms with Gasteiger partial charge in [0, 0.05) is 18.2 Å². The number of amides is 2. The summed E-state index contributed by atoms with van der Waals surface area (Å²) in [5.41, 5.74) is 3.26. The normalized spacial score (nSPS) is 10.7. The van der Waals surface area contributed by atoms with Crippen molar-refractivity contribution in [1.82, 2.24) is 10.2 Å². The third-order valence-electron chi connectivity index (χ3n) is 4.35. The van der Waals surface area contributed by atoms with Crippen LogP contribution in [0, 0.1) is 6.92 Å². The van der Waals surface area contributed by atoms with Crippen LogP contribution in [-0.4, -0.2) is 22.0 Å². The molecule has 0 aliphatic carbocycles. The summed E-state index contributed by atoms with van der Waals surface area (Å²) in [4.78, 5) is 23.7. The summed E-state index contributed by atoms with van der Waals surface area (Å²) in [5, 5.41) is 14.8. The Kier molecular flexibility index (Phi) is 6.79. The monoisotopic (exact) mass is 424 g/mol. The Morgan fingerprint density at radius 2 is 1.83 bits per heavy atom. The molecule has 0 saturated carbocycles. The lowest BCUT2D eigenvalue weighted by atomic mass is 9.98. The summed E-state index contributed by atoms with van der Waals surface area (Å²) in [6, 6.07) is 12.8. The molecule has 1 aromatic heterocycles. The molecule has 2 amide bonds. The van der Waals surface area contributed by atoms with Gasteiger partial charge in [-0.15, -0.1) is 10.2 Å². The van der Waals surface area contributed by atoms with Gasteiger partial charge in [-0.3, -0.25) is 14.9 Å². The topological polar surface area (TPSA) is 93.2 Å². The van der Waals surface area contributed by atoms with Gasteiger partial charge < -0.3 is 10.1 Å². The highest BCUT2D eigenvalue weighted by atomic mass is 32.1. The molecule has 0 aliphatic heterocycles. The van der Waals surface area contributed by atoms with Crippen LogP contribution >= 0.6 is 11.3 Å². The average molecular weight is 425 g/mol. The van der Waals surface area contributed by atoms with Gasteiger partial charge in [-0.2, -0.15) is 0 Å². The number of rotatable bonds is 7. The van der Waals surface area contributed by atoms with Crippen LogP contribution in [0.25, 0.3) is 0 Å². The van der Waals surface area contributed by atoms with Crippen molar-refractivity contribution in [3.8, 4) is 5.75 Å². The lowest BCUT2D eigenvalue weighted by Crippen LogP contribution is -2.11. The van der Waals surface area contributed by atoms with Crippen LogP contribution in [0.4, 0.5) is 10.8 Å². The summed E-state index contributed by atoms with van der Waals surface area (Å²) in [5.74, 6) is 0.600. The molecule has 8 heteroatoms. The lowest BCUT2D eigenvalue weighted by Gasteiger charge is -2.17. The number of anilines is 2. The number of aryl methyl sites for hydroxylation is 1. The maximum Gasteiger partial charge on any atom is 0.257 e. The number of ether oxygens (including phenoxy) is 1. The van der Waals surface area contributed by atoms with Crippen molar-refractivity contribution in [2.75, 3.05) is 10.6 Å². The molecule has 0 saturated heterocycles. The minimum atomic E-state index is -0.231. The van der Waals surface area contributed by atoms with Gasteiger partial charge in [-0.25, -0.2) is 0 Å². The van der Waals surface area contributed by atoms with Crippen LogP contribution in [0.3, 0.4) is 0 Å². The summed E-state index contributed by atoms with van der Waals surface area (Å²) in [6.45, 7) is 7.78. The summed E-state index contributed by atoms with van der Waals surface area (Å²) in [7, 11) is 0. The third kappa shape index (κ3) is 5.42. The fraction of sp³-hybridized carbons (Fsp3) is 0.273. The second kappa shape index (κ2) is 9.49. The number of hydrogen-bond acceptors (Lipinski definition) is 6. The van der Waals surface area contributed by atoms with Crippen LogP contribution < -0.4 is 15.4 Å². The molecule has 156 valence electrons. The minimum absolute atomic E-state index is 0.107. The van der Waals surface area contributed by atoms with E-state index in [1.807, 2.05) is 25.1 Å². The second-order valence-corrected chi connectivity index (χ2v) is 8.21. The second-order valence-electron chi connectivity index (χ2n) is 7.15. The van der Waals surface area contributed by atoms with E-state index in [9.17, 15) is 9.59 Å². The molecule has 0 spiro atoms. The molecule has 7 nitrogen and oxygen atoms in total. The molecule has 0 radical (unpaired) electrons. The van der Waals surface area contributed by atoms with Gasteiger partial charge in [0.15, 0.2) is 5.01 Å². The lowest BCUT2D eigenvalue weighted by molar-refractivity contribution is -0.114. The van der Waals surface area contributed by atoms with Crippen molar-refractivity contribution >= 4 is 34.0 Å². The van der Waals surface area contributed by atoms with Crippen molar-refractivity contribution in [3.63, 3.8) is 0 Å². The SMILES string of the molecule is CC(=O)Nc1cc(C)c(OCc2nnc(NC(=O)c3ccccc3)s2)cc1C(C)C. The standard InChI is InChI=1S/C22H24N4O3S/c1-13(2)17-11-19(14(3)10-18(17)23-15(4)27)29-12-20-25-26-22(30-20)24-21(28)16-8-6-5-7-9-16/h5-11,13H,12H2,1-4H3,(H,23,27)(H,24,26,28). The van der Waals surface area contributed by atoms with E-state index in [0.717, 1.165) is 22.6 Å². The Balaban J connectivity index is 1.68. The largest absolute Gasteiger partial charge is 0.486 e. The first kappa shape index (κ1) is 21.4. The molecule has 0 atom stereocenters. The van der Waals surface area contributed by atoms with E-state index in [0.29, 0.717) is 15.7 Å². The molecule has 0 unspecified atom stereocenters. The van der Waals surface area contributed by atoms with E-state index >= 15 is 0 Å². The van der Waals surface area contributed by atoms with Crippen LogP contribution in [0.1, 0.15) is 53.2 Å². The number of carbonyl (C=O) groups excluding carboxylic acids is 2. The Labute approximate surface area is 179 Å². The van der Waals surface area contributed by atoms with E-state index in [2.05, 4.69) is 34.7 Å². The van der Waals surface area contributed by atoms with Gasteiger partial charge in [0.2, 0.25) is 11.0 Å². The summed E-state index contributed by atoms with van der Waals surface area (Å²) in [6.07, 6.45) is 0. The first-order valence-corrected chi connectivity index (χ1v) is 10.4. The van der Waals surface area contributed by atoms with Crippen molar-refractivity contribution in [2.24, 2.45) is 0 Å². The van der Waals surface area contributed by atoms with E-state index in [4.69, 9.17) is 4.74 Å². The maximum atomic E-state index is 12.2. The Morgan fingerprint density at radius 3 is 2.50 bits per heavy atom. The van der Waals surface area contributed by atoms with Crippen LogP contribution in [0.2, 0.25) is 0 Å². The number of hydrogen-bond donors (Lipinski definition) is 2. The summed E-state index contributed by atoms with van der Waals surface area (Å²) >= 11 is 1.27. The maximum absolute atomic E-state index is 12.2. The molecule has 30 heavy (non-hydrogen) atoms.